The van der Waals surface area contributed by atoms with E-state index in [1.165, 1.54) is 25.0 Å². The molecule has 106 valence electrons. The SMILES string of the molecule is Fc1ccc2cc(-c3ccc(N4CCCC4)nc3)[nH]c2c1. The molecule has 4 heteroatoms. The zero-order valence-electron chi connectivity index (χ0n) is 11.6. The summed E-state index contributed by atoms with van der Waals surface area (Å²) in [5.41, 5.74) is 2.80. The Hall–Kier alpha value is -2.36. The van der Waals surface area contributed by atoms with Gasteiger partial charge in [0.1, 0.15) is 11.6 Å². The summed E-state index contributed by atoms with van der Waals surface area (Å²) >= 11 is 0. The number of aromatic amines is 1. The molecule has 0 aliphatic carbocycles. The van der Waals surface area contributed by atoms with E-state index in [1.807, 2.05) is 12.3 Å². The number of rotatable bonds is 2. The van der Waals surface area contributed by atoms with Crippen LogP contribution in [-0.2, 0) is 0 Å². The Balaban J connectivity index is 1.67. The molecule has 1 N–H and O–H groups in total. The van der Waals surface area contributed by atoms with E-state index < -0.39 is 0 Å². The average molecular weight is 281 g/mol. The molecule has 21 heavy (non-hydrogen) atoms. The number of aromatic nitrogens is 2. The average Bonchev–Trinajstić information content (AvgIpc) is 3.16. The van der Waals surface area contributed by atoms with Crippen LogP contribution in [-0.4, -0.2) is 23.1 Å². The maximum Gasteiger partial charge on any atom is 0.128 e. The third-order valence-corrected chi connectivity index (χ3v) is 4.07. The summed E-state index contributed by atoms with van der Waals surface area (Å²) in [7, 11) is 0. The second-order valence-corrected chi connectivity index (χ2v) is 5.51. The van der Waals surface area contributed by atoms with Crippen molar-refractivity contribution in [3.05, 3.63) is 48.4 Å². The summed E-state index contributed by atoms with van der Waals surface area (Å²) in [4.78, 5) is 10.1. The normalized spacial score (nSPS) is 15.0. The number of hydrogen-bond donors (Lipinski definition) is 1. The van der Waals surface area contributed by atoms with E-state index in [0.29, 0.717) is 0 Å². The van der Waals surface area contributed by atoms with Crippen molar-refractivity contribution in [1.82, 2.24) is 9.97 Å². The minimum absolute atomic E-state index is 0.224. The standard InChI is InChI=1S/C17H16FN3/c18-14-5-3-12-9-15(20-16(12)10-14)13-4-6-17(19-11-13)21-7-1-2-8-21/h3-6,9-11,20H,1-2,7-8H2. The Morgan fingerprint density at radius 3 is 2.67 bits per heavy atom. The van der Waals surface area contributed by atoms with Crippen LogP contribution in [0.4, 0.5) is 10.2 Å². The molecular weight excluding hydrogens is 265 g/mol. The maximum absolute atomic E-state index is 13.2. The highest BCUT2D eigenvalue weighted by Crippen LogP contribution is 2.26. The molecule has 1 saturated heterocycles. The molecule has 0 amide bonds. The number of anilines is 1. The highest BCUT2D eigenvalue weighted by atomic mass is 19.1. The molecule has 1 aromatic carbocycles. The monoisotopic (exact) mass is 281 g/mol. The number of H-pyrrole nitrogens is 1. The predicted molar refractivity (Wildman–Crippen MR) is 82.9 cm³/mol. The molecule has 1 aliphatic rings. The zero-order chi connectivity index (χ0) is 14.2. The minimum Gasteiger partial charge on any atom is -0.357 e. The van der Waals surface area contributed by atoms with E-state index in [1.54, 1.807) is 6.07 Å². The Labute approximate surface area is 122 Å². The van der Waals surface area contributed by atoms with E-state index in [2.05, 4.69) is 27.0 Å². The van der Waals surface area contributed by atoms with Gasteiger partial charge in [0.2, 0.25) is 0 Å². The van der Waals surface area contributed by atoms with E-state index in [0.717, 1.165) is 41.1 Å². The van der Waals surface area contributed by atoms with Crippen molar-refractivity contribution in [2.24, 2.45) is 0 Å². The van der Waals surface area contributed by atoms with Crippen molar-refractivity contribution in [1.29, 1.82) is 0 Å². The van der Waals surface area contributed by atoms with Crippen molar-refractivity contribution >= 4 is 16.7 Å². The predicted octanol–water partition coefficient (Wildman–Crippen LogP) is 3.97. The molecule has 0 atom stereocenters. The third kappa shape index (κ3) is 2.27. The van der Waals surface area contributed by atoms with Gasteiger partial charge in [0.05, 0.1) is 0 Å². The van der Waals surface area contributed by atoms with Crippen LogP contribution in [0.1, 0.15) is 12.8 Å². The molecule has 1 fully saturated rings. The van der Waals surface area contributed by atoms with Crippen LogP contribution in [0, 0.1) is 5.82 Å². The van der Waals surface area contributed by atoms with Crippen molar-refractivity contribution in [2.45, 2.75) is 12.8 Å². The van der Waals surface area contributed by atoms with E-state index in [9.17, 15) is 4.39 Å². The second-order valence-electron chi connectivity index (χ2n) is 5.51. The molecule has 0 saturated carbocycles. The number of pyridine rings is 1. The topological polar surface area (TPSA) is 31.9 Å². The first-order valence-electron chi connectivity index (χ1n) is 7.29. The van der Waals surface area contributed by atoms with E-state index >= 15 is 0 Å². The van der Waals surface area contributed by atoms with Gasteiger partial charge in [-0.2, -0.15) is 0 Å². The highest BCUT2D eigenvalue weighted by Gasteiger charge is 2.13. The Bertz CT molecular complexity index is 770. The molecular formula is C17H16FN3. The highest BCUT2D eigenvalue weighted by molar-refractivity contribution is 5.85. The quantitative estimate of drug-likeness (QED) is 0.770. The Morgan fingerprint density at radius 1 is 1.05 bits per heavy atom. The fourth-order valence-corrected chi connectivity index (χ4v) is 2.93. The Morgan fingerprint density at radius 2 is 1.90 bits per heavy atom. The number of hydrogen-bond acceptors (Lipinski definition) is 2. The maximum atomic E-state index is 13.2. The van der Waals surface area contributed by atoms with E-state index in [4.69, 9.17) is 0 Å². The molecule has 3 aromatic rings. The van der Waals surface area contributed by atoms with Gasteiger partial charge in [0, 0.05) is 41.4 Å². The molecule has 1 aliphatic heterocycles. The van der Waals surface area contributed by atoms with Crippen molar-refractivity contribution in [3.63, 3.8) is 0 Å². The number of nitrogens with zero attached hydrogens (tertiary/aromatic N) is 2. The number of nitrogens with one attached hydrogen (secondary N) is 1. The molecule has 4 rings (SSSR count). The summed E-state index contributed by atoms with van der Waals surface area (Å²) in [5, 5.41) is 1.01. The third-order valence-electron chi connectivity index (χ3n) is 4.07. The summed E-state index contributed by atoms with van der Waals surface area (Å²) in [6, 6.07) is 11.0. The summed E-state index contributed by atoms with van der Waals surface area (Å²) in [6.45, 7) is 2.19. The lowest BCUT2D eigenvalue weighted by atomic mass is 10.2. The first-order valence-corrected chi connectivity index (χ1v) is 7.29. The largest absolute Gasteiger partial charge is 0.357 e. The summed E-state index contributed by atoms with van der Waals surface area (Å²) in [5.74, 6) is 0.816. The lowest BCUT2D eigenvalue weighted by molar-refractivity contribution is 0.629. The van der Waals surface area contributed by atoms with Gasteiger partial charge in [-0.05, 0) is 49.2 Å². The number of fused-ring (bicyclic) bond motifs is 1. The fraction of sp³-hybridized carbons (Fsp3) is 0.235. The molecule has 0 unspecified atom stereocenters. The van der Waals surface area contributed by atoms with Gasteiger partial charge in [0.25, 0.3) is 0 Å². The van der Waals surface area contributed by atoms with Gasteiger partial charge in [-0.3, -0.25) is 0 Å². The van der Waals surface area contributed by atoms with Gasteiger partial charge in [-0.25, -0.2) is 9.37 Å². The lowest BCUT2D eigenvalue weighted by Crippen LogP contribution is -2.18. The first-order chi connectivity index (χ1) is 10.3. The van der Waals surface area contributed by atoms with Crippen LogP contribution < -0.4 is 4.90 Å². The van der Waals surface area contributed by atoms with Crippen molar-refractivity contribution in [3.8, 4) is 11.3 Å². The second kappa shape index (κ2) is 4.88. The van der Waals surface area contributed by atoms with Crippen LogP contribution in [0.2, 0.25) is 0 Å². The Kier molecular flexibility index (Phi) is 2.88. The number of halogens is 1. The van der Waals surface area contributed by atoms with Crippen LogP contribution in [0.3, 0.4) is 0 Å². The summed E-state index contributed by atoms with van der Waals surface area (Å²) in [6.07, 6.45) is 4.38. The van der Waals surface area contributed by atoms with Gasteiger partial charge in [-0.15, -0.1) is 0 Å². The molecule has 3 nitrogen and oxygen atoms in total. The van der Waals surface area contributed by atoms with Gasteiger partial charge >= 0.3 is 0 Å². The van der Waals surface area contributed by atoms with Gasteiger partial charge < -0.3 is 9.88 Å². The van der Waals surface area contributed by atoms with E-state index in [-0.39, 0.29) is 5.82 Å². The first kappa shape index (κ1) is 12.4. The minimum atomic E-state index is -0.224. The lowest BCUT2D eigenvalue weighted by Gasteiger charge is -2.15. The smallest absolute Gasteiger partial charge is 0.128 e. The van der Waals surface area contributed by atoms with Crippen molar-refractivity contribution in [2.75, 3.05) is 18.0 Å². The van der Waals surface area contributed by atoms with Gasteiger partial charge in [0.15, 0.2) is 0 Å². The number of benzene rings is 1. The molecule has 0 spiro atoms. The zero-order valence-corrected chi connectivity index (χ0v) is 11.6. The molecule has 0 radical (unpaired) electrons. The summed E-state index contributed by atoms with van der Waals surface area (Å²) < 4.78 is 13.2. The van der Waals surface area contributed by atoms with Gasteiger partial charge in [-0.1, -0.05) is 0 Å². The van der Waals surface area contributed by atoms with Crippen LogP contribution in [0.5, 0.6) is 0 Å². The van der Waals surface area contributed by atoms with Crippen molar-refractivity contribution < 1.29 is 4.39 Å². The van der Waals surface area contributed by atoms with Crippen LogP contribution in [0.15, 0.2) is 42.6 Å². The molecule has 3 heterocycles. The molecule has 0 bridgehead atoms. The van der Waals surface area contributed by atoms with Crippen LogP contribution in [0.25, 0.3) is 22.2 Å². The molecule has 2 aromatic heterocycles. The fourth-order valence-electron chi connectivity index (χ4n) is 2.93. The van der Waals surface area contributed by atoms with Crippen LogP contribution >= 0.6 is 0 Å².